The molecule has 1 aromatic carbocycles. The molecule has 0 fully saturated rings. The van der Waals surface area contributed by atoms with Crippen LogP contribution in [0.4, 0.5) is 0 Å². The largest absolute Gasteiger partial charge is 0.351 e. The zero-order valence-corrected chi connectivity index (χ0v) is 12.9. The van der Waals surface area contributed by atoms with Crippen molar-refractivity contribution in [3.8, 4) is 0 Å². The Labute approximate surface area is 127 Å². The molecule has 5 heteroatoms. The highest BCUT2D eigenvalue weighted by atomic mass is 32.1. The van der Waals surface area contributed by atoms with Crippen LogP contribution in [0.15, 0.2) is 36.4 Å². The van der Waals surface area contributed by atoms with Gasteiger partial charge in [-0.2, -0.15) is 5.10 Å². The Morgan fingerprint density at radius 2 is 2.10 bits per heavy atom. The SMILES string of the molecule is Cc1nn(C)c2sc(C(=O)NCCc3ccccc3)cc12. The van der Waals surface area contributed by atoms with Gasteiger partial charge in [0, 0.05) is 19.0 Å². The maximum atomic E-state index is 12.2. The molecule has 2 aromatic heterocycles. The maximum Gasteiger partial charge on any atom is 0.261 e. The molecule has 0 aliphatic carbocycles. The number of thiophene rings is 1. The summed E-state index contributed by atoms with van der Waals surface area (Å²) < 4.78 is 1.83. The fraction of sp³-hybridized carbons (Fsp3) is 0.250. The molecule has 1 N–H and O–H groups in total. The van der Waals surface area contributed by atoms with E-state index in [0.29, 0.717) is 6.54 Å². The van der Waals surface area contributed by atoms with Crippen LogP contribution < -0.4 is 5.32 Å². The summed E-state index contributed by atoms with van der Waals surface area (Å²) in [6.45, 7) is 2.61. The van der Waals surface area contributed by atoms with E-state index in [1.54, 1.807) is 0 Å². The molecule has 0 radical (unpaired) electrons. The Morgan fingerprint density at radius 1 is 1.33 bits per heavy atom. The summed E-state index contributed by atoms with van der Waals surface area (Å²) in [4.78, 5) is 14.0. The van der Waals surface area contributed by atoms with Gasteiger partial charge in [-0.1, -0.05) is 30.3 Å². The van der Waals surface area contributed by atoms with E-state index >= 15 is 0 Å². The average molecular weight is 299 g/mol. The third-order valence-electron chi connectivity index (χ3n) is 3.46. The zero-order valence-electron chi connectivity index (χ0n) is 12.1. The fourth-order valence-corrected chi connectivity index (χ4v) is 3.41. The van der Waals surface area contributed by atoms with Crippen LogP contribution >= 0.6 is 11.3 Å². The number of amides is 1. The van der Waals surface area contributed by atoms with Crippen molar-refractivity contribution < 1.29 is 4.79 Å². The fourth-order valence-electron chi connectivity index (χ4n) is 2.37. The van der Waals surface area contributed by atoms with Crippen LogP contribution in [0.3, 0.4) is 0 Å². The van der Waals surface area contributed by atoms with E-state index in [0.717, 1.165) is 27.2 Å². The molecule has 0 saturated carbocycles. The van der Waals surface area contributed by atoms with Crippen molar-refractivity contribution in [2.24, 2.45) is 7.05 Å². The second kappa shape index (κ2) is 5.69. The monoisotopic (exact) mass is 299 g/mol. The van der Waals surface area contributed by atoms with Gasteiger partial charge in [0.25, 0.3) is 5.91 Å². The minimum absolute atomic E-state index is 0.00784. The average Bonchev–Trinajstić information content (AvgIpc) is 3.03. The van der Waals surface area contributed by atoms with Crippen LogP contribution in [0.2, 0.25) is 0 Å². The van der Waals surface area contributed by atoms with Crippen molar-refractivity contribution in [1.82, 2.24) is 15.1 Å². The Kier molecular flexibility index (Phi) is 3.75. The molecule has 0 aliphatic rings. The number of carbonyl (C=O) groups excluding carboxylic acids is 1. The first kappa shape index (κ1) is 13.8. The van der Waals surface area contributed by atoms with Gasteiger partial charge in [0.1, 0.15) is 4.83 Å². The molecule has 0 bridgehead atoms. The van der Waals surface area contributed by atoms with Gasteiger partial charge in [-0.25, -0.2) is 0 Å². The molecule has 4 nitrogen and oxygen atoms in total. The second-order valence-corrected chi connectivity index (χ2v) is 6.06. The Hall–Kier alpha value is -2.14. The van der Waals surface area contributed by atoms with E-state index in [4.69, 9.17) is 0 Å². The van der Waals surface area contributed by atoms with E-state index in [1.165, 1.54) is 16.9 Å². The summed E-state index contributed by atoms with van der Waals surface area (Å²) >= 11 is 1.49. The highest BCUT2D eigenvalue weighted by Crippen LogP contribution is 2.27. The lowest BCUT2D eigenvalue weighted by Gasteiger charge is -2.03. The molecule has 1 amide bonds. The Bertz CT molecular complexity index is 739. The standard InChI is InChI=1S/C16H17N3OS/c1-11-13-10-14(21-16(13)19(2)18-11)15(20)17-9-8-12-6-4-3-5-7-12/h3-7,10H,8-9H2,1-2H3,(H,17,20). The third kappa shape index (κ3) is 2.83. The number of benzene rings is 1. The molecule has 3 aromatic rings. The summed E-state index contributed by atoms with van der Waals surface area (Å²) in [6, 6.07) is 12.1. The lowest BCUT2D eigenvalue weighted by atomic mass is 10.1. The topological polar surface area (TPSA) is 46.9 Å². The highest BCUT2D eigenvalue weighted by Gasteiger charge is 2.14. The summed E-state index contributed by atoms with van der Waals surface area (Å²) in [5, 5.41) is 8.39. The first-order valence-electron chi connectivity index (χ1n) is 6.90. The van der Waals surface area contributed by atoms with Crippen LogP contribution in [0.25, 0.3) is 10.2 Å². The third-order valence-corrected chi connectivity index (χ3v) is 4.66. The molecule has 0 saturated heterocycles. The van der Waals surface area contributed by atoms with Crippen LogP contribution in [0.5, 0.6) is 0 Å². The molecule has 0 unspecified atom stereocenters. The number of hydrogen-bond acceptors (Lipinski definition) is 3. The highest BCUT2D eigenvalue weighted by molar-refractivity contribution is 7.20. The number of nitrogens with one attached hydrogen (secondary N) is 1. The summed E-state index contributed by atoms with van der Waals surface area (Å²) in [5.41, 5.74) is 2.20. The number of aryl methyl sites for hydroxylation is 2. The van der Waals surface area contributed by atoms with E-state index in [-0.39, 0.29) is 5.91 Å². The number of carbonyl (C=O) groups is 1. The van der Waals surface area contributed by atoms with Gasteiger partial charge >= 0.3 is 0 Å². The first-order chi connectivity index (χ1) is 10.1. The van der Waals surface area contributed by atoms with E-state index in [9.17, 15) is 4.79 Å². The Balaban J connectivity index is 1.65. The molecule has 21 heavy (non-hydrogen) atoms. The first-order valence-corrected chi connectivity index (χ1v) is 7.72. The number of hydrogen-bond donors (Lipinski definition) is 1. The number of aromatic nitrogens is 2. The van der Waals surface area contributed by atoms with Crippen molar-refractivity contribution in [3.63, 3.8) is 0 Å². The van der Waals surface area contributed by atoms with Gasteiger partial charge in [-0.05, 0) is 25.0 Å². The number of nitrogens with zero attached hydrogens (tertiary/aromatic N) is 2. The molecule has 0 aliphatic heterocycles. The minimum Gasteiger partial charge on any atom is -0.351 e. The predicted molar refractivity (Wildman–Crippen MR) is 85.8 cm³/mol. The molecule has 3 rings (SSSR count). The summed E-state index contributed by atoms with van der Waals surface area (Å²) in [6.07, 6.45) is 0.845. The molecular weight excluding hydrogens is 282 g/mol. The number of rotatable bonds is 4. The van der Waals surface area contributed by atoms with Crippen molar-refractivity contribution >= 4 is 27.5 Å². The van der Waals surface area contributed by atoms with Crippen molar-refractivity contribution in [2.45, 2.75) is 13.3 Å². The van der Waals surface area contributed by atoms with Crippen molar-refractivity contribution in [3.05, 3.63) is 52.5 Å². The molecule has 0 atom stereocenters. The predicted octanol–water partition coefficient (Wildman–Crippen LogP) is 2.92. The molecule has 2 heterocycles. The second-order valence-electron chi connectivity index (χ2n) is 5.03. The van der Waals surface area contributed by atoms with Crippen LogP contribution in [-0.4, -0.2) is 22.2 Å². The van der Waals surface area contributed by atoms with E-state index < -0.39 is 0 Å². The van der Waals surface area contributed by atoms with Crippen LogP contribution in [-0.2, 0) is 13.5 Å². The molecule has 0 spiro atoms. The molecular formula is C16H17N3OS. The zero-order chi connectivity index (χ0) is 14.8. The van der Waals surface area contributed by atoms with Gasteiger partial charge in [0.2, 0.25) is 0 Å². The van der Waals surface area contributed by atoms with E-state index in [1.807, 2.05) is 42.9 Å². The quantitative estimate of drug-likeness (QED) is 0.805. The van der Waals surface area contributed by atoms with Gasteiger partial charge in [-0.15, -0.1) is 11.3 Å². The van der Waals surface area contributed by atoms with Crippen LogP contribution in [0.1, 0.15) is 20.9 Å². The van der Waals surface area contributed by atoms with Gasteiger partial charge in [0.15, 0.2) is 0 Å². The Morgan fingerprint density at radius 3 is 2.81 bits per heavy atom. The lowest BCUT2D eigenvalue weighted by Crippen LogP contribution is -2.24. The lowest BCUT2D eigenvalue weighted by molar-refractivity contribution is 0.0958. The minimum atomic E-state index is -0.00784. The van der Waals surface area contributed by atoms with Crippen LogP contribution in [0, 0.1) is 6.92 Å². The van der Waals surface area contributed by atoms with Crippen molar-refractivity contribution in [2.75, 3.05) is 6.54 Å². The van der Waals surface area contributed by atoms with E-state index in [2.05, 4.69) is 22.5 Å². The maximum absolute atomic E-state index is 12.2. The van der Waals surface area contributed by atoms with Crippen molar-refractivity contribution in [1.29, 1.82) is 0 Å². The summed E-state index contributed by atoms with van der Waals surface area (Å²) in [7, 11) is 1.91. The molecule has 108 valence electrons. The normalized spacial score (nSPS) is 11.0. The van der Waals surface area contributed by atoms with Gasteiger partial charge in [-0.3, -0.25) is 9.48 Å². The van der Waals surface area contributed by atoms with Gasteiger partial charge in [0.05, 0.1) is 10.6 Å². The smallest absolute Gasteiger partial charge is 0.261 e. The summed E-state index contributed by atoms with van der Waals surface area (Å²) in [5.74, 6) is -0.00784. The number of fused-ring (bicyclic) bond motifs is 1. The van der Waals surface area contributed by atoms with Gasteiger partial charge < -0.3 is 5.32 Å².